The number of hydrogen-bond acceptors (Lipinski definition) is 2. The molecule has 0 spiro atoms. The van der Waals surface area contributed by atoms with Crippen molar-refractivity contribution in [1.82, 2.24) is 0 Å². The molecule has 1 unspecified atom stereocenters. The largest absolute Gasteiger partial charge is 0.392 e. The maximum Gasteiger partial charge on any atom is 0.112 e. The van der Waals surface area contributed by atoms with Gasteiger partial charge < -0.3 is 10.2 Å². The van der Waals surface area contributed by atoms with Crippen molar-refractivity contribution in [1.29, 1.82) is 0 Å². The zero-order chi connectivity index (χ0) is 9.94. The SMILES string of the molecule is CC(O)C#CC#CC#C/C=C/CO. The van der Waals surface area contributed by atoms with E-state index in [4.69, 9.17) is 10.2 Å². The highest BCUT2D eigenvalue weighted by Gasteiger charge is 1.78. The molecule has 0 bridgehead atoms. The van der Waals surface area contributed by atoms with Crippen LogP contribution in [0.1, 0.15) is 6.92 Å². The lowest BCUT2D eigenvalue weighted by Gasteiger charge is -1.82. The molecular formula is C11H10O2. The molecule has 2 nitrogen and oxygen atoms in total. The number of aliphatic hydroxyl groups excluding tert-OH is 2. The van der Waals surface area contributed by atoms with Gasteiger partial charge in [-0.3, -0.25) is 0 Å². The van der Waals surface area contributed by atoms with Crippen LogP contribution in [0.4, 0.5) is 0 Å². The van der Waals surface area contributed by atoms with Crippen molar-refractivity contribution in [3.8, 4) is 35.5 Å². The molecule has 0 heterocycles. The lowest BCUT2D eigenvalue weighted by Crippen LogP contribution is -1.91. The molecular weight excluding hydrogens is 164 g/mol. The molecule has 0 aliphatic heterocycles. The molecule has 0 amide bonds. The Bertz CT molecular complexity index is 331. The van der Waals surface area contributed by atoms with Gasteiger partial charge in [-0.2, -0.15) is 0 Å². The summed E-state index contributed by atoms with van der Waals surface area (Å²) in [7, 11) is 0. The van der Waals surface area contributed by atoms with Gasteiger partial charge in [0.15, 0.2) is 0 Å². The Balaban J connectivity index is 3.92. The summed E-state index contributed by atoms with van der Waals surface area (Å²) in [6, 6.07) is 0. The van der Waals surface area contributed by atoms with E-state index in [2.05, 4.69) is 35.5 Å². The summed E-state index contributed by atoms with van der Waals surface area (Å²) in [4.78, 5) is 0. The number of rotatable bonds is 1. The monoisotopic (exact) mass is 174 g/mol. The molecule has 0 aliphatic rings. The molecule has 66 valence electrons. The highest BCUT2D eigenvalue weighted by molar-refractivity contribution is 5.37. The third-order valence-corrected chi connectivity index (χ3v) is 0.847. The van der Waals surface area contributed by atoms with E-state index in [1.54, 1.807) is 6.92 Å². The van der Waals surface area contributed by atoms with Crippen LogP contribution in [0, 0.1) is 35.5 Å². The van der Waals surface area contributed by atoms with Gasteiger partial charge in [-0.1, -0.05) is 17.9 Å². The maximum atomic E-state index is 8.71. The van der Waals surface area contributed by atoms with Crippen LogP contribution in [0.3, 0.4) is 0 Å². The van der Waals surface area contributed by atoms with Gasteiger partial charge in [0.2, 0.25) is 0 Å². The minimum absolute atomic E-state index is 0.0239. The topological polar surface area (TPSA) is 40.5 Å². The van der Waals surface area contributed by atoms with E-state index in [0.717, 1.165) is 0 Å². The molecule has 2 heteroatoms. The van der Waals surface area contributed by atoms with Crippen molar-refractivity contribution >= 4 is 0 Å². The Kier molecular flexibility index (Phi) is 7.36. The average molecular weight is 174 g/mol. The summed E-state index contributed by atoms with van der Waals surface area (Å²) in [6.45, 7) is 1.54. The van der Waals surface area contributed by atoms with Crippen LogP contribution in [-0.2, 0) is 0 Å². The van der Waals surface area contributed by atoms with E-state index in [0.29, 0.717) is 0 Å². The molecule has 2 N–H and O–H groups in total. The van der Waals surface area contributed by atoms with Gasteiger partial charge in [0.05, 0.1) is 6.61 Å². The molecule has 0 aromatic carbocycles. The van der Waals surface area contributed by atoms with Crippen LogP contribution < -0.4 is 0 Å². The normalized spacial score (nSPS) is 10.1. The fourth-order valence-electron chi connectivity index (χ4n) is 0.392. The van der Waals surface area contributed by atoms with Crippen molar-refractivity contribution < 1.29 is 10.2 Å². The highest BCUT2D eigenvalue weighted by Crippen LogP contribution is 1.70. The Labute approximate surface area is 78.3 Å². The molecule has 13 heavy (non-hydrogen) atoms. The summed E-state index contributed by atoms with van der Waals surface area (Å²) < 4.78 is 0. The van der Waals surface area contributed by atoms with Crippen LogP contribution in [0.2, 0.25) is 0 Å². The van der Waals surface area contributed by atoms with E-state index in [9.17, 15) is 0 Å². The average Bonchev–Trinajstić information content (AvgIpc) is 2.09. The molecule has 0 fully saturated rings. The van der Waals surface area contributed by atoms with Gasteiger partial charge in [0.25, 0.3) is 0 Å². The highest BCUT2D eigenvalue weighted by atomic mass is 16.3. The van der Waals surface area contributed by atoms with Crippen molar-refractivity contribution in [3.63, 3.8) is 0 Å². The van der Waals surface area contributed by atoms with Crippen LogP contribution in [0.5, 0.6) is 0 Å². The van der Waals surface area contributed by atoms with E-state index >= 15 is 0 Å². The van der Waals surface area contributed by atoms with Gasteiger partial charge >= 0.3 is 0 Å². The van der Waals surface area contributed by atoms with E-state index in [1.807, 2.05) is 0 Å². The Hall–Kier alpha value is -1.66. The fraction of sp³-hybridized carbons (Fsp3) is 0.273. The van der Waals surface area contributed by atoms with Crippen LogP contribution in [-0.4, -0.2) is 22.9 Å². The number of allylic oxidation sites excluding steroid dienone is 1. The molecule has 0 saturated heterocycles. The van der Waals surface area contributed by atoms with Gasteiger partial charge in [-0.05, 0) is 36.7 Å². The number of hydrogen-bond donors (Lipinski definition) is 2. The van der Waals surface area contributed by atoms with E-state index in [1.165, 1.54) is 12.2 Å². The van der Waals surface area contributed by atoms with Crippen molar-refractivity contribution in [2.24, 2.45) is 0 Å². The second kappa shape index (κ2) is 8.44. The summed E-state index contributed by atoms with van der Waals surface area (Å²) in [5, 5.41) is 17.0. The van der Waals surface area contributed by atoms with Crippen LogP contribution in [0.25, 0.3) is 0 Å². The second-order valence-corrected chi connectivity index (χ2v) is 2.05. The predicted octanol–water partition coefficient (Wildman–Crippen LogP) is -0.0741. The Morgan fingerprint density at radius 1 is 1.23 bits per heavy atom. The number of aliphatic hydroxyl groups is 2. The third-order valence-electron chi connectivity index (χ3n) is 0.847. The first-order chi connectivity index (χ1) is 6.27. The molecule has 1 atom stereocenters. The van der Waals surface area contributed by atoms with Gasteiger partial charge in [-0.15, -0.1) is 0 Å². The fourth-order valence-corrected chi connectivity index (χ4v) is 0.392. The summed E-state index contributed by atoms with van der Waals surface area (Å²) >= 11 is 0. The van der Waals surface area contributed by atoms with Gasteiger partial charge in [0, 0.05) is 0 Å². The van der Waals surface area contributed by atoms with E-state index in [-0.39, 0.29) is 6.61 Å². The predicted molar refractivity (Wildman–Crippen MR) is 51.2 cm³/mol. The molecule has 0 aromatic heterocycles. The van der Waals surface area contributed by atoms with Gasteiger partial charge in [-0.25, -0.2) is 0 Å². The molecule has 0 aromatic rings. The molecule has 0 rings (SSSR count). The van der Waals surface area contributed by atoms with E-state index < -0.39 is 6.10 Å². The molecule has 0 radical (unpaired) electrons. The van der Waals surface area contributed by atoms with Crippen LogP contribution >= 0.6 is 0 Å². The Morgan fingerprint density at radius 2 is 1.92 bits per heavy atom. The Morgan fingerprint density at radius 3 is 2.54 bits per heavy atom. The second-order valence-electron chi connectivity index (χ2n) is 2.05. The zero-order valence-electron chi connectivity index (χ0n) is 7.33. The maximum absolute atomic E-state index is 8.71. The first-order valence-corrected chi connectivity index (χ1v) is 3.72. The zero-order valence-corrected chi connectivity index (χ0v) is 7.33. The minimum atomic E-state index is -0.656. The summed E-state index contributed by atoms with van der Waals surface area (Å²) in [6.07, 6.45) is 2.36. The lowest BCUT2D eigenvalue weighted by atomic mass is 10.4. The van der Waals surface area contributed by atoms with Crippen LogP contribution in [0.15, 0.2) is 12.2 Å². The molecule has 0 saturated carbocycles. The first-order valence-electron chi connectivity index (χ1n) is 3.72. The first kappa shape index (κ1) is 11.3. The van der Waals surface area contributed by atoms with Crippen molar-refractivity contribution in [2.45, 2.75) is 13.0 Å². The molecule has 0 aliphatic carbocycles. The van der Waals surface area contributed by atoms with Crippen molar-refractivity contribution in [3.05, 3.63) is 12.2 Å². The van der Waals surface area contributed by atoms with Crippen molar-refractivity contribution in [2.75, 3.05) is 6.61 Å². The minimum Gasteiger partial charge on any atom is -0.392 e. The van der Waals surface area contributed by atoms with Gasteiger partial charge in [0.1, 0.15) is 6.10 Å². The smallest absolute Gasteiger partial charge is 0.112 e. The summed E-state index contributed by atoms with van der Waals surface area (Å²) in [5.41, 5.74) is 0. The standard InChI is InChI=1S/C11H10O2/c1-11(13)9-7-5-3-2-4-6-8-10-12/h6,8,11-13H,10H2,1H3/b8-6+. The summed E-state index contributed by atoms with van der Waals surface area (Å²) in [5.74, 6) is 14.9. The third kappa shape index (κ3) is 10.3. The lowest BCUT2D eigenvalue weighted by molar-refractivity contribution is 0.253. The quantitative estimate of drug-likeness (QED) is 0.546.